The van der Waals surface area contributed by atoms with Gasteiger partial charge in [-0.25, -0.2) is 0 Å². The van der Waals surface area contributed by atoms with Crippen LogP contribution in [0.5, 0.6) is 5.75 Å². The van der Waals surface area contributed by atoms with Crippen LogP contribution >= 0.6 is 0 Å². The smallest absolute Gasteiger partial charge is 0.170 e. The van der Waals surface area contributed by atoms with Crippen molar-refractivity contribution in [2.24, 2.45) is 5.92 Å². The quantitative estimate of drug-likeness (QED) is 0.834. The molecule has 0 spiro atoms. The number of carbonyl (C=O) groups excluding carboxylic acids is 1. The summed E-state index contributed by atoms with van der Waals surface area (Å²) in [6.07, 6.45) is 2.05. The van der Waals surface area contributed by atoms with E-state index >= 15 is 0 Å². The summed E-state index contributed by atoms with van der Waals surface area (Å²) in [4.78, 5) is 12.5. The van der Waals surface area contributed by atoms with Crippen molar-refractivity contribution in [1.82, 2.24) is 5.32 Å². The Bertz CT molecular complexity index is 448. The number of ketones is 1. The topological polar surface area (TPSA) is 38.3 Å². The van der Waals surface area contributed by atoms with Crippen LogP contribution in [-0.2, 0) is 0 Å². The zero-order valence-corrected chi connectivity index (χ0v) is 11.4. The zero-order chi connectivity index (χ0) is 13.1. The Balaban J connectivity index is 2.31. The van der Waals surface area contributed by atoms with Gasteiger partial charge >= 0.3 is 0 Å². The Morgan fingerprint density at radius 2 is 2.06 bits per heavy atom. The summed E-state index contributed by atoms with van der Waals surface area (Å²) < 4.78 is 5.35. The second-order valence-corrected chi connectivity index (χ2v) is 5.04. The molecule has 0 amide bonds. The van der Waals surface area contributed by atoms with Crippen LogP contribution in [0.1, 0.15) is 34.3 Å². The van der Waals surface area contributed by atoms with Crippen LogP contribution in [-0.4, -0.2) is 26.0 Å². The molecule has 0 saturated carbocycles. The molecule has 1 heterocycles. The normalized spacial score (nSPS) is 19.6. The Labute approximate surface area is 109 Å². The van der Waals surface area contributed by atoms with E-state index in [0.717, 1.165) is 42.6 Å². The van der Waals surface area contributed by atoms with Crippen molar-refractivity contribution in [2.45, 2.75) is 26.7 Å². The molecule has 1 aromatic rings. The molecule has 0 radical (unpaired) electrons. The lowest BCUT2D eigenvalue weighted by Crippen LogP contribution is -2.34. The van der Waals surface area contributed by atoms with Crippen LogP contribution in [0, 0.1) is 19.8 Å². The zero-order valence-electron chi connectivity index (χ0n) is 11.4. The largest absolute Gasteiger partial charge is 0.496 e. The van der Waals surface area contributed by atoms with Crippen molar-refractivity contribution in [3.05, 3.63) is 28.8 Å². The third-order valence-electron chi connectivity index (χ3n) is 3.75. The first-order valence-electron chi connectivity index (χ1n) is 6.53. The number of nitrogens with one attached hydrogen (secondary N) is 1. The van der Waals surface area contributed by atoms with Gasteiger partial charge in [-0.3, -0.25) is 4.79 Å². The number of carbonyl (C=O) groups is 1. The van der Waals surface area contributed by atoms with Crippen molar-refractivity contribution in [2.75, 3.05) is 20.2 Å². The second kappa shape index (κ2) is 5.53. The lowest BCUT2D eigenvalue weighted by atomic mass is 9.89. The summed E-state index contributed by atoms with van der Waals surface area (Å²) in [5.41, 5.74) is 3.03. The molecule has 1 N–H and O–H groups in total. The number of methoxy groups -OCH3 is 1. The van der Waals surface area contributed by atoms with Crippen LogP contribution in [0.2, 0.25) is 0 Å². The number of hydrogen-bond donors (Lipinski definition) is 1. The number of hydrogen-bond acceptors (Lipinski definition) is 3. The van der Waals surface area contributed by atoms with E-state index in [2.05, 4.69) is 5.32 Å². The van der Waals surface area contributed by atoms with Crippen LogP contribution in [0.25, 0.3) is 0 Å². The summed E-state index contributed by atoms with van der Waals surface area (Å²) in [6, 6.07) is 3.92. The fourth-order valence-electron chi connectivity index (χ4n) is 2.45. The Kier molecular flexibility index (Phi) is 4.02. The van der Waals surface area contributed by atoms with Gasteiger partial charge in [0.15, 0.2) is 5.78 Å². The lowest BCUT2D eigenvalue weighted by Gasteiger charge is -2.22. The highest BCUT2D eigenvalue weighted by atomic mass is 16.5. The number of Topliss-reactive ketones (excluding diaryl/α,β-unsaturated/α-hetero) is 1. The van der Waals surface area contributed by atoms with E-state index in [1.165, 1.54) is 0 Å². The molecule has 1 aromatic carbocycles. The van der Waals surface area contributed by atoms with Crippen LogP contribution in [0.4, 0.5) is 0 Å². The predicted molar refractivity (Wildman–Crippen MR) is 72.4 cm³/mol. The van der Waals surface area contributed by atoms with Gasteiger partial charge in [0.05, 0.1) is 12.7 Å². The van der Waals surface area contributed by atoms with Gasteiger partial charge in [0.2, 0.25) is 0 Å². The van der Waals surface area contributed by atoms with E-state index < -0.39 is 0 Å². The van der Waals surface area contributed by atoms with Crippen LogP contribution < -0.4 is 10.1 Å². The van der Waals surface area contributed by atoms with Crippen molar-refractivity contribution in [3.63, 3.8) is 0 Å². The van der Waals surface area contributed by atoms with Gasteiger partial charge in [-0.1, -0.05) is 0 Å². The molecule has 18 heavy (non-hydrogen) atoms. The number of piperidine rings is 1. The highest BCUT2D eigenvalue weighted by Crippen LogP contribution is 2.27. The maximum Gasteiger partial charge on any atom is 0.170 e. The predicted octanol–water partition coefficient (Wildman–Crippen LogP) is 2.49. The molecule has 1 aliphatic rings. The van der Waals surface area contributed by atoms with E-state index in [9.17, 15) is 4.79 Å². The SMILES string of the molecule is COc1cc(C)c(C)cc1C(=O)C1CCCNC1. The highest BCUT2D eigenvalue weighted by molar-refractivity contribution is 6.00. The average molecular weight is 247 g/mol. The molecule has 1 fully saturated rings. The van der Waals surface area contributed by atoms with Crippen LogP contribution in [0.3, 0.4) is 0 Å². The Morgan fingerprint density at radius 3 is 2.67 bits per heavy atom. The summed E-state index contributed by atoms with van der Waals surface area (Å²) in [5, 5.41) is 3.29. The van der Waals surface area contributed by atoms with Gasteiger partial charge in [0, 0.05) is 12.5 Å². The highest BCUT2D eigenvalue weighted by Gasteiger charge is 2.25. The number of ether oxygens (including phenoxy) is 1. The molecule has 1 atom stereocenters. The van der Waals surface area contributed by atoms with E-state index in [1.807, 2.05) is 26.0 Å². The molecule has 1 aliphatic heterocycles. The van der Waals surface area contributed by atoms with Gasteiger partial charge in [-0.15, -0.1) is 0 Å². The standard InChI is InChI=1S/C15H21NO2/c1-10-7-13(14(18-3)8-11(10)2)15(17)12-5-4-6-16-9-12/h7-8,12,16H,4-6,9H2,1-3H3. The summed E-state index contributed by atoms with van der Waals surface area (Å²) >= 11 is 0. The van der Waals surface area contributed by atoms with Crippen molar-refractivity contribution in [1.29, 1.82) is 0 Å². The number of benzene rings is 1. The molecule has 0 aliphatic carbocycles. The molecular formula is C15H21NO2. The molecule has 98 valence electrons. The number of rotatable bonds is 3. The monoisotopic (exact) mass is 247 g/mol. The fourth-order valence-corrected chi connectivity index (χ4v) is 2.45. The molecule has 1 unspecified atom stereocenters. The molecule has 3 heteroatoms. The molecule has 0 aromatic heterocycles. The minimum atomic E-state index is 0.0924. The van der Waals surface area contributed by atoms with Crippen LogP contribution in [0.15, 0.2) is 12.1 Å². The van der Waals surface area contributed by atoms with Gasteiger partial charge < -0.3 is 10.1 Å². The second-order valence-electron chi connectivity index (χ2n) is 5.04. The van der Waals surface area contributed by atoms with E-state index in [4.69, 9.17) is 4.74 Å². The molecule has 1 saturated heterocycles. The van der Waals surface area contributed by atoms with Crippen molar-refractivity contribution < 1.29 is 9.53 Å². The van der Waals surface area contributed by atoms with Gasteiger partial charge in [-0.2, -0.15) is 0 Å². The van der Waals surface area contributed by atoms with Gasteiger partial charge in [-0.05, 0) is 56.5 Å². The van der Waals surface area contributed by atoms with E-state index in [-0.39, 0.29) is 11.7 Å². The number of aryl methyl sites for hydroxylation is 2. The van der Waals surface area contributed by atoms with Crippen molar-refractivity contribution in [3.8, 4) is 5.75 Å². The Morgan fingerprint density at radius 1 is 1.33 bits per heavy atom. The molecule has 0 bridgehead atoms. The first-order valence-corrected chi connectivity index (χ1v) is 6.53. The van der Waals surface area contributed by atoms with Gasteiger partial charge in [0.25, 0.3) is 0 Å². The third kappa shape index (κ3) is 2.56. The minimum Gasteiger partial charge on any atom is -0.496 e. The minimum absolute atomic E-state index is 0.0924. The summed E-state index contributed by atoms with van der Waals surface area (Å²) in [7, 11) is 1.63. The summed E-state index contributed by atoms with van der Waals surface area (Å²) in [6.45, 7) is 5.88. The average Bonchev–Trinajstić information content (AvgIpc) is 2.41. The fraction of sp³-hybridized carbons (Fsp3) is 0.533. The molecular weight excluding hydrogens is 226 g/mol. The van der Waals surface area contributed by atoms with Gasteiger partial charge in [0.1, 0.15) is 5.75 Å². The summed E-state index contributed by atoms with van der Waals surface area (Å²) in [5.74, 6) is 1.01. The molecule has 2 rings (SSSR count). The Hall–Kier alpha value is -1.35. The first-order chi connectivity index (χ1) is 8.63. The maximum atomic E-state index is 12.5. The lowest BCUT2D eigenvalue weighted by molar-refractivity contribution is 0.0896. The van der Waals surface area contributed by atoms with Crippen molar-refractivity contribution >= 4 is 5.78 Å². The van der Waals surface area contributed by atoms with E-state index in [1.54, 1.807) is 7.11 Å². The molecule has 3 nitrogen and oxygen atoms in total. The van der Waals surface area contributed by atoms with E-state index in [0.29, 0.717) is 5.75 Å². The maximum absolute atomic E-state index is 12.5. The first kappa shape index (κ1) is 13.1. The third-order valence-corrected chi connectivity index (χ3v) is 3.75.